The predicted molar refractivity (Wildman–Crippen MR) is 50.1 cm³/mol. The first-order valence-corrected chi connectivity index (χ1v) is 4.35. The molecule has 1 nitrogen and oxygen atoms in total. The lowest BCUT2D eigenvalue weighted by Crippen LogP contribution is -2.26. The number of rotatable bonds is 2. The maximum atomic E-state index is 4.23. The second kappa shape index (κ2) is 2.33. The minimum absolute atomic E-state index is 0.373. The van der Waals surface area contributed by atoms with Gasteiger partial charge in [0.05, 0.1) is 6.04 Å². The summed E-state index contributed by atoms with van der Waals surface area (Å²) in [6, 6.07) is 0.529. The van der Waals surface area contributed by atoms with Crippen molar-refractivity contribution in [1.82, 2.24) is 0 Å². The average molecular weight is 153 g/mol. The standard InChI is InChI=1S/C10H19N/c1-9(2,3)7-10(4,5)8-6-11-8/h6,8H,7H2,1-5H3. The Hall–Kier alpha value is -0.330. The van der Waals surface area contributed by atoms with Gasteiger partial charge in [0, 0.05) is 6.21 Å². The molecule has 1 aliphatic heterocycles. The molecule has 0 saturated heterocycles. The van der Waals surface area contributed by atoms with Crippen molar-refractivity contribution in [2.75, 3.05) is 0 Å². The number of hydrogen-bond donors (Lipinski definition) is 0. The largest absolute Gasteiger partial charge is 0.286 e. The minimum atomic E-state index is 0.373. The maximum Gasteiger partial charge on any atom is 0.0894 e. The van der Waals surface area contributed by atoms with Crippen LogP contribution in [0.25, 0.3) is 0 Å². The highest BCUT2D eigenvalue weighted by Crippen LogP contribution is 2.39. The Balaban J connectivity index is 2.46. The van der Waals surface area contributed by atoms with Crippen LogP contribution in [0.5, 0.6) is 0 Å². The Morgan fingerprint density at radius 3 is 1.91 bits per heavy atom. The average Bonchev–Trinajstić information content (AvgIpc) is 2.30. The van der Waals surface area contributed by atoms with Gasteiger partial charge in [-0.15, -0.1) is 0 Å². The van der Waals surface area contributed by atoms with Crippen molar-refractivity contribution in [1.29, 1.82) is 0 Å². The van der Waals surface area contributed by atoms with Gasteiger partial charge in [-0.3, -0.25) is 4.99 Å². The molecule has 0 radical (unpaired) electrons. The highest BCUT2D eigenvalue weighted by atomic mass is 14.9. The number of aliphatic imine (C=N–C) groups is 1. The zero-order chi connectivity index (χ0) is 8.70. The Morgan fingerprint density at radius 1 is 1.18 bits per heavy atom. The van der Waals surface area contributed by atoms with E-state index in [-0.39, 0.29) is 0 Å². The van der Waals surface area contributed by atoms with Crippen LogP contribution >= 0.6 is 0 Å². The van der Waals surface area contributed by atoms with E-state index in [1.54, 1.807) is 0 Å². The summed E-state index contributed by atoms with van der Waals surface area (Å²) >= 11 is 0. The van der Waals surface area contributed by atoms with Gasteiger partial charge in [-0.25, -0.2) is 0 Å². The molecule has 11 heavy (non-hydrogen) atoms. The molecule has 0 spiro atoms. The Morgan fingerprint density at radius 2 is 1.64 bits per heavy atom. The molecule has 0 aliphatic carbocycles. The van der Waals surface area contributed by atoms with E-state index in [1.165, 1.54) is 6.42 Å². The fourth-order valence-corrected chi connectivity index (χ4v) is 1.92. The molecule has 0 aromatic heterocycles. The summed E-state index contributed by atoms with van der Waals surface area (Å²) in [6.45, 7) is 11.5. The van der Waals surface area contributed by atoms with Gasteiger partial charge in [-0.1, -0.05) is 34.6 Å². The molecule has 1 rings (SSSR count). The SMILES string of the molecule is CC(C)(C)CC(C)(C)C1C=N1. The van der Waals surface area contributed by atoms with E-state index in [1.807, 2.05) is 0 Å². The Bertz CT molecular complexity index is 166. The summed E-state index contributed by atoms with van der Waals surface area (Å²) in [5.74, 6) is 0. The number of hydrogen-bond acceptors (Lipinski definition) is 1. The van der Waals surface area contributed by atoms with Crippen LogP contribution in [-0.2, 0) is 0 Å². The molecule has 1 atom stereocenters. The lowest BCUT2D eigenvalue weighted by Gasteiger charge is -2.31. The third-order valence-electron chi connectivity index (χ3n) is 2.08. The summed E-state index contributed by atoms with van der Waals surface area (Å²) in [4.78, 5) is 4.23. The van der Waals surface area contributed by atoms with Crippen molar-refractivity contribution in [3.63, 3.8) is 0 Å². The first-order chi connectivity index (χ1) is 4.81. The zero-order valence-corrected chi connectivity index (χ0v) is 8.31. The van der Waals surface area contributed by atoms with Crippen LogP contribution in [0.4, 0.5) is 0 Å². The molecule has 1 heteroatoms. The van der Waals surface area contributed by atoms with E-state index in [0.29, 0.717) is 16.9 Å². The lowest BCUT2D eigenvalue weighted by molar-refractivity contribution is 0.214. The van der Waals surface area contributed by atoms with Crippen molar-refractivity contribution in [2.45, 2.75) is 47.1 Å². The maximum absolute atomic E-state index is 4.23. The van der Waals surface area contributed by atoms with Crippen LogP contribution in [0.3, 0.4) is 0 Å². The highest BCUT2D eigenvalue weighted by molar-refractivity contribution is 5.78. The van der Waals surface area contributed by atoms with E-state index in [0.717, 1.165) is 0 Å². The van der Waals surface area contributed by atoms with Gasteiger partial charge in [0.1, 0.15) is 0 Å². The van der Waals surface area contributed by atoms with Crippen LogP contribution in [0.2, 0.25) is 0 Å². The topological polar surface area (TPSA) is 12.4 Å². The second-order valence-electron chi connectivity index (χ2n) is 5.47. The van der Waals surface area contributed by atoms with Crippen LogP contribution in [0.15, 0.2) is 4.99 Å². The fraction of sp³-hybridized carbons (Fsp3) is 0.900. The molecule has 0 fully saturated rings. The van der Waals surface area contributed by atoms with Crippen molar-refractivity contribution >= 4 is 6.21 Å². The predicted octanol–water partition coefficient (Wildman–Crippen LogP) is 2.90. The Labute approximate surface area is 69.9 Å². The molecule has 64 valence electrons. The smallest absolute Gasteiger partial charge is 0.0894 e. The van der Waals surface area contributed by atoms with E-state index in [4.69, 9.17) is 0 Å². The quantitative estimate of drug-likeness (QED) is 0.578. The monoisotopic (exact) mass is 153 g/mol. The van der Waals surface area contributed by atoms with Gasteiger partial charge >= 0.3 is 0 Å². The first kappa shape index (κ1) is 8.76. The number of nitrogens with zero attached hydrogens (tertiary/aromatic N) is 1. The molecule has 0 bridgehead atoms. The van der Waals surface area contributed by atoms with E-state index >= 15 is 0 Å². The third-order valence-corrected chi connectivity index (χ3v) is 2.08. The van der Waals surface area contributed by atoms with Crippen molar-refractivity contribution < 1.29 is 0 Å². The van der Waals surface area contributed by atoms with Gasteiger partial charge in [-0.2, -0.15) is 0 Å². The lowest BCUT2D eigenvalue weighted by atomic mass is 9.74. The van der Waals surface area contributed by atoms with Crippen LogP contribution in [0.1, 0.15) is 41.0 Å². The highest BCUT2D eigenvalue weighted by Gasteiger charge is 2.36. The van der Waals surface area contributed by atoms with E-state index < -0.39 is 0 Å². The van der Waals surface area contributed by atoms with Gasteiger partial charge in [-0.05, 0) is 17.3 Å². The van der Waals surface area contributed by atoms with E-state index in [2.05, 4.69) is 45.8 Å². The van der Waals surface area contributed by atoms with Crippen LogP contribution in [-0.4, -0.2) is 12.3 Å². The second-order valence-corrected chi connectivity index (χ2v) is 5.47. The summed E-state index contributed by atoms with van der Waals surface area (Å²) in [5, 5.41) is 0. The van der Waals surface area contributed by atoms with Gasteiger partial charge in [0.2, 0.25) is 0 Å². The third kappa shape index (κ3) is 2.64. The Kier molecular flexibility index (Phi) is 1.85. The molecular formula is C10H19N. The molecule has 1 heterocycles. The van der Waals surface area contributed by atoms with E-state index in [9.17, 15) is 0 Å². The molecule has 0 aromatic carbocycles. The molecule has 1 unspecified atom stereocenters. The molecule has 0 amide bonds. The van der Waals surface area contributed by atoms with Crippen molar-refractivity contribution in [3.05, 3.63) is 0 Å². The first-order valence-electron chi connectivity index (χ1n) is 4.35. The summed E-state index contributed by atoms with van der Waals surface area (Å²) in [5.41, 5.74) is 0.799. The minimum Gasteiger partial charge on any atom is -0.286 e. The van der Waals surface area contributed by atoms with Crippen LogP contribution in [0, 0.1) is 10.8 Å². The van der Waals surface area contributed by atoms with Gasteiger partial charge in [0.15, 0.2) is 0 Å². The molecule has 0 aromatic rings. The molecule has 0 N–H and O–H groups in total. The normalized spacial score (nSPS) is 23.9. The summed E-state index contributed by atoms with van der Waals surface area (Å²) in [6.07, 6.45) is 3.30. The summed E-state index contributed by atoms with van der Waals surface area (Å²) in [7, 11) is 0. The molecular weight excluding hydrogens is 134 g/mol. The van der Waals surface area contributed by atoms with Crippen molar-refractivity contribution in [3.8, 4) is 0 Å². The van der Waals surface area contributed by atoms with Gasteiger partial charge in [0.25, 0.3) is 0 Å². The molecule has 1 aliphatic rings. The summed E-state index contributed by atoms with van der Waals surface area (Å²) < 4.78 is 0. The zero-order valence-electron chi connectivity index (χ0n) is 8.31. The molecule has 0 saturated carbocycles. The van der Waals surface area contributed by atoms with Crippen LogP contribution < -0.4 is 0 Å². The van der Waals surface area contributed by atoms with Gasteiger partial charge < -0.3 is 0 Å². The van der Waals surface area contributed by atoms with Crippen molar-refractivity contribution in [2.24, 2.45) is 15.8 Å². The fourth-order valence-electron chi connectivity index (χ4n) is 1.92.